The fourth-order valence-corrected chi connectivity index (χ4v) is 5.67. The smallest absolute Gasteiger partial charge is 0.236 e. The van der Waals surface area contributed by atoms with Crippen LogP contribution in [0.3, 0.4) is 0 Å². The van der Waals surface area contributed by atoms with Gasteiger partial charge in [0, 0.05) is 43.1 Å². The lowest BCUT2D eigenvalue weighted by Crippen LogP contribution is -2.59. The van der Waals surface area contributed by atoms with Gasteiger partial charge in [-0.05, 0) is 55.4 Å². The number of carbonyl (C=O) groups is 1. The van der Waals surface area contributed by atoms with Gasteiger partial charge in [-0.2, -0.15) is 5.26 Å². The first-order valence-corrected chi connectivity index (χ1v) is 11.7. The zero-order valence-electron chi connectivity index (χ0n) is 19.2. The molecule has 8 heteroatoms. The Morgan fingerprint density at radius 1 is 1.30 bits per heavy atom. The Morgan fingerprint density at radius 2 is 2.15 bits per heavy atom. The van der Waals surface area contributed by atoms with Crippen LogP contribution in [-0.2, 0) is 10.3 Å². The molecule has 1 N–H and O–H groups in total. The third kappa shape index (κ3) is 3.91. The molecule has 2 aromatic rings. The number of nitrogens with zero attached hydrogens (tertiary/aromatic N) is 5. The monoisotopic (exact) mass is 446 g/mol. The van der Waals surface area contributed by atoms with Crippen molar-refractivity contribution in [2.24, 2.45) is 5.92 Å². The molecule has 3 fully saturated rings. The first-order valence-electron chi connectivity index (χ1n) is 11.7. The molecule has 2 saturated heterocycles. The number of anilines is 1. The summed E-state index contributed by atoms with van der Waals surface area (Å²) in [6, 6.07) is 10.4. The van der Waals surface area contributed by atoms with Gasteiger partial charge in [-0.25, -0.2) is 9.97 Å². The average Bonchev–Trinajstić information content (AvgIpc) is 3.02. The average molecular weight is 447 g/mol. The zero-order chi connectivity index (χ0) is 23.0. The highest BCUT2D eigenvalue weighted by Crippen LogP contribution is 2.42. The van der Waals surface area contributed by atoms with Gasteiger partial charge in [0.25, 0.3) is 0 Å². The van der Waals surface area contributed by atoms with Crippen LogP contribution < -0.4 is 15.0 Å². The Morgan fingerprint density at radius 3 is 2.79 bits per heavy atom. The Labute approximate surface area is 194 Å². The van der Waals surface area contributed by atoms with E-state index in [1.54, 1.807) is 19.5 Å². The summed E-state index contributed by atoms with van der Waals surface area (Å²) in [7, 11) is 1.62. The van der Waals surface area contributed by atoms with Gasteiger partial charge in [-0.15, -0.1) is 0 Å². The summed E-state index contributed by atoms with van der Waals surface area (Å²) in [6.45, 7) is 4.00. The van der Waals surface area contributed by atoms with E-state index in [4.69, 9.17) is 10.00 Å². The van der Waals surface area contributed by atoms with E-state index in [2.05, 4.69) is 33.2 Å². The predicted octanol–water partition coefficient (Wildman–Crippen LogP) is 2.45. The molecule has 1 amide bonds. The van der Waals surface area contributed by atoms with Crippen LogP contribution in [0.15, 0.2) is 36.7 Å². The predicted molar refractivity (Wildman–Crippen MR) is 124 cm³/mol. The second-order valence-electron chi connectivity index (χ2n) is 9.53. The van der Waals surface area contributed by atoms with Gasteiger partial charge in [0.15, 0.2) is 0 Å². The van der Waals surface area contributed by atoms with Gasteiger partial charge in [0.2, 0.25) is 11.8 Å². The first-order chi connectivity index (χ1) is 16.0. The number of piperazine rings is 1. The van der Waals surface area contributed by atoms with Crippen molar-refractivity contribution in [2.75, 3.05) is 31.6 Å². The molecule has 2 aromatic heterocycles. The molecule has 5 rings (SSSR count). The molecule has 0 spiro atoms. The number of hydrogen-bond acceptors (Lipinski definition) is 7. The Kier molecular flexibility index (Phi) is 5.67. The van der Waals surface area contributed by atoms with Gasteiger partial charge < -0.3 is 14.5 Å². The third-order valence-corrected chi connectivity index (χ3v) is 7.67. The molecule has 3 aliphatic rings. The highest BCUT2D eigenvalue weighted by Gasteiger charge is 2.46. The highest BCUT2D eigenvalue weighted by atomic mass is 16.5. The number of nitriles is 1. The normalized spacial score (nSPS) is 25.3. The molecular formula is C25H30N6O2. The number of ether oxygens (including phenoxy) is 1. The summed E-state index contributed by atoms with van der Waals surface area (Å²) in [4.78, 5) is 26.4. The molecule has 2 bridgehead atoms. The number of rotatable bonds is 6. The van der Waals surface area contributed by atoms with E-state index in [9.17, 15) is 4.79 Å². The van der Waals surface area contributed by atoms with E-state index in [1.807, 2.05) is 29.2 Å². The Balaban J connectivity index is 1.25. The molecule has 0 aromatic carbocycles. The van der Waals surface area contributed by atoms with Crippen LogP contribution in [0.4, 0.5) is 5.82 Å². The number of hydrogen-bond donors (Lipinski definition) is 1. The molecule has 1 saturated carbocycles. The van der Waals surface area contributed by atoms with Crippen molar-refractivity contribution in [3.05, 3.63) is 47.8 Å². The van der Waals surface area contributed by atoms with E-state index in [1.165, 1.54) is 0 Å². The number of carbonyl (C=O) groups excluding carboxylic acids is 1. The van der Waals surface area contributed by atoms with E-state index >= 15 is 0 Å². The Bertz CT molecular complexity index is 1060. The fraction of sp³-hybridized carbons (Fsp3) is 0.520. The number of nitrogens with one attached hydrogen (secondary N) is 1. The molecule has 172 valence electrons. The molecule has 33 heavy (non-hydrogen) atoms. The first kappa shape index (κ1) is 21.7. The number of amides is 1. The van der Waals surface area contributed by atoms with Crippen LogP contribution in [0.2, 0.25) is 0 Å². The van der Waals surface area contributed by atoms with Crippen molar-refractivity contribution < 1.29 is 9.53 Å². The number of fused-ring (bicyclic) bond motifs is 2. The summed E-state index contributed by atoms with van der Waals surface area (Å²) in [6.07, 6.45) is 7.61. The van der Waals surface area contributed by atoms with Crippen LogP contribution in [-0.4, -0.2) is 59.6 Å². The van der Waals surface area contributed by atoms with Gasteiger partial charge >= 0.3 is 0 Å². The number of methoxy groups -OCH3 is 1. The van der Waals surface area contributed by atoms with E-state index < -0.39 is 0 Å². The van der Waals surface area contributed by atoms with E-state index in [0.717, 1.165) is 37.1 Å². The van der Waals surface area contributed by atoms with E-state index in [-0.39, 0.29) is 23.5 Å². The van der Waals surface area contributed by atoms with Crippen LogP contribution in [0.25, 0.3) is 0 Å². The highest BCUT2D eigenvalue weighted by molar-refractivity contribution is 5.79. The lowest BCUT2D eigenvalue weighted by Gasteiger charge is -2.45. The molecule has 8 nitrogen and oxygen atoms in total. The maximum atomic E-state index is 13.2. The topological polar surface area (TPSA) is 94.4 Å². The lowest BCUT2D eigenvalue weighted by atomic mass is 9.72. The third-order valence-electron chi connectivity index (χ3n) is 7.67. The summed E-state index contributed by atoms with van der Waals surface area (Å²) in [5, 5.41) is 12.6. The summed E-state index contributed by atoms with van der Waals surface area (Å²) < 4.78 is 5.30. The van der Waals surface area contributed by atoms with Crippen molar-refractivity contribution >= 4 is 11.7 Å². The standard InChI is InChI=1S/C25H30N6O2/c1-17-10-20-15-30(16-21(17)31(20)22-5-4-18(12-26)13-28-22)24(32)14-29-25(7-3-8-25)19-6-9-27-23(11-19)33-2/h4-6,9,11,13,17,20-21,29H,3,7-8,10,14-16H2,1-2H3/t17-,20?,21?/m0/s1. The number of pyridine rings is 2. The van der Waals surface area contributed by atoms with Crippen LogP contribution in [0, 0.1) is 17.2 Å². The maximum absolute atomic E-state index is 13.2. The van der Waals surface area contributed by atoms with Crippen molar-refractivity contribution in [1.82, 2.24) is 20.2 Å². The fourth-order valence-electron chi connectivity index (χ4n) is 5.67. The maximum Gasteiger partial charge on any atom is 0.236 e. The largest absolute Gasteiger partial charge is 0.481 e. The number of likely N-dealkylation sites (tertiary alicyclic amines) is 1. The van der Waals surface area contributed by atoms with Crippen molar-refractivity contribution in [1.29, 1.82) is 5.26 Å². The summed E-state index contributed by atoms with van der Waals surface area (Å²) in [5.74, 6) is 2.14. The Hall–Kier alpha value is -3.18. The molecule has 0 radical (unpaired) electrons. The van der Waals surface area contributed by atoms with Crippen molar-refractivity contribution in [3.8, 4) is 11.9 Å². The minimum absolute atomic E-state index is 0.152. The second kappa shape index (κ2) is 8.64. The quantitative estimate of drug-likeness (QED) is 0.728. The SMILES string of the molecule is COc1cc(C2(NCC(=O)N3CC4C[C@H](C)C(C3)N4c3ccc(C#N)cn3)CCC2)ccn1. The molecule has 4 heterocycles. The van der Waals surface area contributed by atoms with E-state index in [0.29, 0.717) is 37.0 Å². The zero-order valence-corrected chi connectivity index (χ0v) is 19.2. The minimum Gasteiger partial charge on any atom is -0.481 e. The van der Waals surface area contributed by atoms with Gasteiger partial charge in [-0.3, -0.25) is 10.1 Å². The minimum atomic E-state index is -0.174. The molecule has 3 atom stereocenters. The van der Waals surface area contributed by atoms with Crippen LogP contribution >= 0.6 is 0 Å². The van der Waals surface area contributed by atoms with Crippen LogP contribution in [0.5, 0.6) is 5.88 Å². The van der Waals surface area contributed by atoms with Crippen molar-refractivity contribution in [3.63, 3.8) is 0 Å². The molecular weight excluding hydrogens is 416 g/mol. The second-order valence-corrected chi connectivity index (χ2v) is 9.53. The summed E-state index contributed by atoms with van der Waals surface area (Å²) in [5.41, 5.74) is 1.53. The van der Waals surface area contributed by atoms with Crippen molar-refractivity contribution in [2.45, 2.75) is 50.2 Å². The molecule has 2 unspecified atom stereocenters. The molecule has 1 aliphatic carbocycles. The number of aromatic nitrogens is 2. The van der Waals surface area contributed by atoms with Crippen LogP contribution in [0.1, 0.15) is 43.7 Å². The summed E-state index contributed by atoms with van der Waals surface area (Å²) >= 11 is 0. The lowest BCUT2D eigenvalue weighted by molar-refractivity contribution is -0.131. The molecule has 2 aliphatic heterocycles. The van der Waals surface area contributed by atoms with Gasteiger partial charge in [0.05, 0.1) is 25.3 Å². The van der Waals surface area contributed by atoms with Gasteiger partial charge in [0.1, 0.15) is 11.9 Å². The van der Waals surface area contributed by atoms with Gasteiger partial charge in [-0.1, -0.05) is 6.92 Å².